The average Bonchev–Trinajstić information content (AvgIpc) is 1.63. The molecule has 36 heteroatoms. The van der Waals surface area contributed by atoms with E-state index in [1.807, 2.05) is 134 Å². The van der Waals surface area contributed by atoms with Gasteiger partial charge in [0.15, 0.2) is 45.9 Å². The molecule has 24 aromatic heterocycles. The van der Waals surface area contributed by atoms with Gasteiger partial charge in [0.05, 0.1) is 104 Å². The zero-order valence-electron chi connectivity index (χ0n) is 69.9. The van der Waals surface area contributed by atoms with Crippen molar-refractivity contribution in [2.45, 2.75) is 47.0 Å². The number of pyridine rings is 15. The van der Waals surface area contributed by atoms with E-state index in [4.69, 9.17) is 19.9 Å². The van der Waals surface area contributed by atoms with Crippen molar-refractivity contribution in [2.24, 2.45) is 0 Å². The first-order valence-electron chi connectivity index (χ1n) is 41.4. The van der Waals surface area contributed by atoms with Crippen molar-refractivity contribution >= 4 is 106 Å². The largest absolute Gasteiger partial charge is 0.335 e. The molecule has 0 atom stereocenters. The second kappa shape index (κ2) is 34.5. The molecule has 131 heavy (non-hydrogen) atoms. The molecule has 0 aliphatic carbocycles. The zero-order valence-corrected chi connectivity index (χ0v) is 69.9. The first kappa shape index (κ1) is 79.5. The van der Waals surface area contributed by atoms with E-state index in [2.05, 4.69) is 159 Å². The molecule has 0 bridgehead atoms. The highest BCUT2D eigenvalue weighted by Crippen LogP contribution is 2.39. The van der Waals surface area contributed by atoms with Crippen LogP contribution >= 0.6 is 0 Å². The Bertz CT molecular complexity index is 8360. The molecule has 9 N–H and O–H groups in total. The van der Waals surface area contributed by atoms with Crippen LogP contribution in [0.25, 0.3) is 218 Å². The second-order valence-electron chi connectivity index (χ2n) is 30.5. The minimum Gasteiger partial charge on any atom is -0.335 e. The number of nitrogens with one attached hydrogen (secondary N) is 9. The maximum atomic E-state index is 11.8. The van der Waals surface area contributed by atoms with Crippen molar-refractivity contribution in [2.75, 3.05) is 5.32 Å². The van der Waals surface area contributed by atoms with Gasteiger partial charge in [-0.05, 0) is 86.1 Å². The molecular weight excluding hydrogens is 1650 g/mol. The van der Waals surface area contributed by atoms with E-state index in [0.29, 0.717) is 76.5 Å². The molecule has 24 heterocycles. The third-order valence-electron chi connectivity index (χ3n) is 22.0. The summed E-state index contributed by atoms with van der Waals surface area (Å²) in [5.41, 5.74) is 29.2. The molecule has 36 nitrogen and oxygen atoms in total. The number of hydrogen-bond donors (Lipinski definition) is 9. The van der Waals surface area contributed by atoms with Crippen LogP contribution in [0.15, 0.2) is 265 Å². The fraction of sp³-hybridized carbons (Fsp3) is 0.0737. The van der Waals surface area contributed by atoms with Crippen molar-refractivity contribution < 1.29 is 9.59 Å². The van der Waals surface area contributed by atoms with Gasteiger partial charge in [-0.15, -0.1) is 0 Å². The highest BCUT2D eigenvalue weighted by Gasteiger charge is 2.24. The van der Waals surface area contributed by atoms with E-state index in [0.717, 1.165) is 183 Å². The standard InChI is InChI=1S/C26H20N8O.C25H19N9O.C22H17N9.C22H14N8/c1-2-19(35)9-18-6-5-15(11-29-18)17-8-20-24(33-34-25(20)30-12-17)26-31-22-14-28-13-21(23(22)32-26)16-4-3-7-27-10-16;1-2-21(35)30-17-6-15(9-27-11-17)16-7-18-23(33-34-24(18)29-10-16)25-31-20-13-28-12-19(22(20)32-25)14-4-3-5-26-8-14;1-12-3-4-23-7-16(12)14-5-15-19(29-30-21(15)25-6-14)22-27-17-8-24-9-18(20(17)28-22)31-10-13(2)26-11-31;1-3-13(8-23-5-1)15-7-16-20(29-30-21(16)26-10-15)22-27-18-12-25-11-17(19(18)28-22)14-4-2-6-24-9-14/h3-8,10-14H,2,9H2,1H3,(H,31,32)(H,30,33,34);3-13H,2H2,1H3,(H,30,35)(H,31,32)(H,29,33,34);3-11H,1-2H3,(H,27,28)(H,25,29,30);1-12H,(H,27,28)(H,26,29,30). The van der Waals surface area contributed by atoms with Crippen molar-refractivity contribution in [3.63, 3.8) is 0 Å². The Kier molecular flexibility index (Phi) is 20.9. The number of amides is 1. The lowest BCUT2D eigenvalue weighted by Gasteiger charge is -2.06. The van der Waals surface area contributed by atoms with Crippen LogP contribution in [-0.2, 0) is 16.0 Å². The molecule has 632 valence electrons. The lowest BCUT2D eigenvalue weighted by molar-refractivity contribution is -0.118. The number of nitrogens with zero attached hydrogens (tertiary/aromatic N) is 25. The van der Waals surface area contributed by atoms with Gasteiger partial charge in [-0.1, -0.05) is 44.2 Å². The summed E-state index contributed by atoms with van der Waals surface area (Å²) in [5.74, 6) is 2.72. The maximum absolute atomic E-state index is 11.8. The number of carbonyl (C=O) groups excluding carboxylic acids is 2. The number of imidazole rings is 5. The van der Waals surface area contributed by atoms with Crippen molar-refractivity contribution in [1.29, 1.82) is 0 Å². The number of anilines is 1. The number of fused-ring (bicyclic) bond motifs is 8. The van der Waals surface area contributed by atoms with E-state index < -0.39 is 0 Å². The van der Waals surface area contributed by atoms with Crippen LogP contribution in [0.3, 0.4) is 0 Å². The van der Waals surface area contributed by atoms with Crippen LogP contribution in [0.2, 0.25) is 0 Å². The number of ketones is 1. The highest BCUT2D eigenvalue weighted by molar-refractivity contribution is 6.02. The van der Waals surface area contributed by atoms with Gasteiger partial charge in [-0.3, -0.25) is 84.8 Å². The van der Waals surface area contributed by atoms with Gasteiger partial charge in [0, 0.05) is 227 Å². The molecule has 0 saturated carbocycles. The molecule has 0 aromatic carbocycles. The van der Waals surface area contributed by atoms with Crippen LogP contribution in [0, 0.1) is 13.8 Å². The Balaban J connectivity index is 0.000000106. The fourth-order valence-electron chi connectivity index (χ4n) is 15.3. The first-order chi connectivity index (χ1) is 64.4. The fourth-order valence-corrected chi connectivity index (χ4v) is 15.3. The summed E-state index contributed by atoms with van der Waals surface area (Å²) in [4.78, 5) is 126. The number of Topliss-reactive ketones (excluding diaryl/α,β-unsaturated/α-hetero) is 1. The Morgan fingerprint density at radius 2 is 0.733 bits per heavy atom. The topological polar surface area (TPSA) is 487 Å². The van der Waals surface area contributed by atoms with E-state index >= 15 is 0 Å². The lowest BCUT2D eigenvalue weighted by atomic mass is 10.0. The van der Waals surface area contributed by atoms with Crippen molar-refractivity contribution in [3.05, 3.63) is 281 Å². The van der Waals surface area contributed by atoms with Gasteiger partial charge >= 0.3 is 0 Å². The van der Waals surface area contributed by atoms with Crippen molar-refractivity contribution in [1.82, 2.24) is 165 Å². The van der Waals surface area contributed by atoms with Crippen LogP contribution < -0.4 is 5.32 Å². The zero-order chi connectivity index (χ0) is 88.4. The summed E-state index contributed by atoms with van der Waals surface area (Å²) >= 11 is 0. The number of aromatic nitrogens is 33. The first-order valence-corrected chi connectivity index (χ1v) is 41.4. The quantitative estimate of drug-likeness (QED) is 0.0409. The highest BCUT2D eigenvalue weighted by atomic mass is 16.1. The number of aromatic amines is 8. The van der Waals surface area contributed by atoms with Gasteiger partial charge in [0.1, 0.15) is 50.6 Å². The normalized spacial score (nSPS) is 11.4. The molecule has 24 aromatic rings. The molecule has 1 amide bonds. The smallest absolute Gasteiger partial charge is 0.224 e. The van der Waals surface area contributed by atoms with Crippen molar-refractivity contribution in [3.8, 4) is 130 Å². The van der Waals surface area contributed by atoms with E-state index in [9.17, 15) is 9.59 Å². The third kappa shape index (κ3) is 15.9. The van der Waals surface area contributed by atoms with E-state index in [-0.39, 0.29) is 11.7 Å². The number of H-pyrrole nitrogens is 8. The molecule has 0 aliphatic rings. The second-order valence-corrected chi connectivity index (χ2v) is 30.5. The number of aryl methyl sites for hydroxylation is 2. The average molecular weight is 1720 g/mol. The summed E-state index contributed by atoms with van der Waals surface area (Å²) in [6.07, 6.45) is 49.2. The van der Waals surface area contributed by atoms with Gasteiger partial charge in [0.2, 0.25) is 5.91 Å². The van der Waals surface area contributed by atoms with E-state index in [1.54, 1.807) is 150 Å². The van der Waals surface area contributed by atoms with Gasteiger partial charge in [-0.2, -0.15) is 20.4 Å². The van der Waals surface area contributed by atoms with Gasteiger partial charge < -0.3 is 29.8 Å². The third-order valence-corrected chi connectivity index (χ3v) is 22.0. The summed E-state index contributed by atoms with van der Waals surface area (Å²) in [6, 6.07) is 31.3. The van der Waals surface area contributed by atoms with Gasteiger partial charge in [0.25, 0.3) is 0 Å². The Morgan fingerprint density at radius 3 is 1.16 bits per heavy atom. The van der Waals surface area contributed by atoms with Crippen LogP contribution in [0.4, 0.5) is 5.69 Å². The number of rotatable bonds is 17. The molecule has 0 spiro atoms. The molecule has 0 unspecified atom stereocenters. The molecule has 0 fully saturated rings. The van der Waals surface area contributed by atoms with Gasteiger partial charge in [-0.25, -0.2) is 44.9 Å². The predicted octanol–water partition coefficient (Wildman–Crippen LogP) is 16.7. The molecular formula is C95H70N34O2. The summed E-state index contributed by atoms with van der Waals surface area (Å²) in [6.45, 7) is 7.67. The van der Waals surface area contributed by atoms with Crippen LogP contribution in [-0.4, -0.2) is 177 Å². The monoisotopic (exact) mass is 1720 g/mol. The predicted molar refractivity (Wildman–Crippen MR) is 494 cm³/mol. The minimum absolute atomic E-state index is 0.0697. The molecule has 0 saturated heterocycles. The van der Waals surface area contributed by atoms with Crippen LogP contribution in [0.5, 0.6) is 0 Å². The number of hydrogen-bond acceptors (Lipinski definition) is 26. The summed E-state index contributed by atoms with van der Waals surface area (Å²) < 4.78 is 1.92. The Labute approximate surface area is 739 Å². The molecule has 24 rings (SSSR count). The molecule has 0 radical (unpaired) electrons. The number of carbonyl (C=O) groups is 2. The molecule has 0 aliphatic heterocycles. The Morgan fingerprint density at radius 1 is 0.344 bits per heavy atom. The maximum Gasteiger partial charge on any atom is 0.224 e. The minimum atomic E-state index is -0.0697. The SMILES string of the molecule is CCC(=O)Cc1ccc(-c2cnc3n[nH]c(-c4nc5c(-c6cccnc6)cncc5[nH]4)c3c2)cn1.CCC(=O)Nc1cncc(-c2cnc3n[nH]c(-c4nc5c(-c6cccnc6)cncc5[nH]4)c3c2)c1.Cc1cn(-c2cncc3[nH]c(-c4[nH]nc5ncc(-c6cnccc6C)cc45)nc23)cn1.c1cncc(-c2cnc3n[nH]c(-c4nc5c(-c6cccnc6)cncc5[nH]4)c3c2)c1. The summed E-state index contributed by atoms with van der Waals surface area (Å²) in [5, 5.41) is 36.0. The lowest BCUT2D eigenvalue weighted by Crippen LogP contribution is -2.09. The Hall–Kier alpha value is -18.6. The van der Waals surface area contributed by atoms with E-state index in [1.165, 1.54) is 0 Å². The van der Waals surface area contributed by atoms with Crippen LogP contribution in [0.1, 0.15) is 43.6 Å². The summed E-state index contributed by atoms with van der Waals surface area (Å²) in [7, 11) is 0.